The summed E-state index contributed by atoms with van der Waals surface area (Å²) in [5.74, 6) is 0. The third-order valence-corrected chi connectivity index (χ3v) is 10.0. The van der Waals surface area contributed by atoms with Crippen molar-refractivity contribution in [2.75, 3.05) is 11.9 Å². The lowest BCUT2D eigenvalue weighted by molar-refractivity contribution is 0.401. The molecule has 4 aromatic rings. The Morgan fingerprint density at radius 3 is 1.95 bits per heavy atom. The van der Waals surface area contributed by atoms with Gasteiger partial charge in [0, 0.05) is 32.4 Å². The Morgan fingerprint density at radius 2 is 1.38 bits per heavy atom. The molecule has 7 heteroatoms. The molecule has 1 aliphatic rings. The van der Waals surface area contributed by atoms with Gasteiger partial charge in [-0.15, -0.1) is 0 Å². The zero-order valence-electron chi connectivity index (χ0n) is 21.2. The van der Waals surface area contributed by atoms with Gasteiger partial charge in [-0.1, -0.05) is 103 Å². The number of sulfonamides is 1. The number of hydrogen-bond acceptors (Lipinski definition) is 5. The Balaban J connectivity index is 1.36. The van der Waals surface area contributed by atoms with E-state index >= 15 is 0 Å². The lowest BCUT2D eigenvalue weighted by Gasteiger charge is -2.30. The minimum atomic E-state index is -3.71. The smallest absolute Gasteiger partial charge is 0.243 e. The van der Waals surface area contributed by atoms with E-state index in [1.54, 1.807) is 27.8 Å². The van der Waals surface area contributed by atoms with Gasteiger partial charge in [-0.3, -0.25) is 0 Å². The first-order chi connectivity index (χ1) is 18.0. The summed E-state index contributed by atoms with van der Waals surface area (Å²) < 4.78 is 29.1. The quantitative estimate of drug-likeness (QED) is 0.234. The number of anilines is 1. The largest absolute Gasteiger partial charge is 0.348 e. The van der Waals surface area contributed by atoms with E-state index in [0.717, 1.165) is 26.7 Å². The van der Waals surface area contributed by atoms with Crippen LogP contribution in [0.4, 0.5) is 5.13 Å². The molecule has 0 atom stereocenters. The average Bonchev–Trinajstić information content (AvgIpc) is 3.44. The maximum atomic E-state index is 13.8. The van der Waals surface area contributed by atoms with E-state index in [1.807, 2.05) is 79.0 Å². The second-order valence-electron chi connectivity index (χ2n) is 9.68. The fourth-order valence-electron chi connectivity index (χ4n) is 4.93. The first-order valence-electron chi connectivity index (χ1n) is 12.9. The molecule has 192 valence electrons. The predicted molar refractivity (Wildman–Crippen MR) is 152 cm³/mol. The molecule has 37 heavy (non-hydrogen) atoms. The van der Waals surface area contributed by atoms with Crippen molar-refractivity contribution >= 4 is 26.5 Å². The van der Waals surface area contributed by atoms with Gasteiger partial charge >= 0.3 is 0 Å². The standard InChI is InChI=1S/C30H33N3O2S2/c1-32(27-15-9-4-10-16-27)30-31-21-29(36-30)26-17-19-28(20-18-26)37(34,35)33(22-24-11-5-2-6-12-24)23-25-13-7-3-8-14-25/h2-3,5-8,11-14,17-21,27H,4,9-10,15-16,22-23H2,1H3. The number of thiazole rings is 1. The Labute approximate surface area is 224 Å². The molecule has 1 aliphatic carbocycles. The normalized spacial score (nSPS) is 14.6. The monoisotopic (exact) mass is 531 g/mol. The number of aromatic nitrogens is 1. The second-order valence-corrected chi connectivity index (χ2v) is 12.6. The summed E-state index contributed by atoms with van der Waals surface area (Å²) in [5.41, 5.74) is 2.90. The molecule has 5 nitrogen and oxygen atoms in total. The molecule has 0 radical (unpaired) electrons. The van der Waals surface area contributed by atoms with E-state index < -0.39 is 10.0 Å². The molecule has 0 amide bonds. The highest BCUT2D eigenvalue weighted by atomic mass is 32.2. The molecular weight excluding hydrogens is 498 g/mol. The third kappa shape index (κ3) is 6.12. The molecule has 0 bridgehead atoms. The minimum Gasteiger partial charge on any atom is -0.348 e. The molecule has 1 heterocycles. The van der Waals surface area contributed by atoms with Gasteiger partial charge in [-0.05, 0) is 41.7 Å². The topological polar surface area (TPSA) is 53.5 Å². The highest BCUT2D eigenvalue weighted by Crippen LogP contribution is 2.34. The van der Waals surface area contributed by atoms with Gasteiger partial charge in [0.15, 0.2) is 5.13 Å². The molecular formula is C30H33N3O2S2. The Morgan fingerprint density at radius 1 is 0.811 bits per heavy atom. The highest BCUT2D eigenvalue weighted by molar-refractivity contribution is 7.89. The number of hydrogen-bond donors (Lipinski definition) is 0. The van der Waals surface area contributed by atoms with Crippen molar-refractivity contribution in [2.24, 2.45) is 0 Å². The first kappa shape index (κ1) is 25.6. The summed E-state index contributed by atoms with van der Waals surface area (Å²) in [6.45, 7) is 0.622. The van der Waals surface area contributed by atoms with E-state index in [1.165, 1.54) is 32.1 Å². The van der Waals surface area contributed by atoms with Crippen LogP contribution in [-0.4, -0.2) is 30.8 Å². The van der Waals surface area contributed by atoms with Gasteiger partial charge in [0.25, 0.3) is 0 Å². The summed E-state index contributed by atoms with van der Waals surface area (Å²) in [7, 11) is -1.57. The van der Waals surface area contributed by atoms with Crippen molar-refractivity contribution in [2.45, 2.75) is 56.1 Å². The molecule has 1 fully saturated rings. The molecule has 3 aromatic carbocycles. The Kier molecular flexibility index (Phi) is 8.03. The summed E-state index contributed by atoms with van der Waals surface area (Å²) in [5, 5.41) is 1.02. The summed E-state index contributed by atoms with van der Waals surface area (Å²) in [4.78, 5) is 8.34. The maximum Gasteiger partial charge on any atom is 0.243 e. The third-order valence-electron chi connectivity index (χ3n) is 7.10. The molecule has 1 saturated carbocycles. The maximum absolute atomic E-state index is 13.8. The van der Waals surface area contributed by atoms with Gasteiger partial charge in [0.05, 0.1) is 9.77 Å². The van der Waals surface area contributed by atoms with E-state index in [-0.39, 0.29) is 0 Å². The summed E-state index contributed by atoms with van der Waals surface area (Å²) >= 11 is 1.67. The Bertz CT molecular complexity index is 1340. The summed E-state index contributed by atoms with van der Waals surface area (Å²) in [6, 6.07) is 27.3. The average molecular weight is 532 g/mol. The Hall–Kier alpha value is -3.00. The second kappa shape index (κ2) is 11.6. The van der Waals surface area contributed by atoms with Crippen molar-refractivity contribution in [1.29, 1.82) is 0 Å². The zero-order chi connectivity index (χ0) is 25.7. The van der Waals surface area contributed by atoms with Gasteiger partial charge in [-0.2, -0.15) is 4.31 Å². The van der Waals surface area contributed by atoms with Crippen molar-refractivity contribution in [1.82, 2.24) is 9.29 Å². The lowest BCUT2D eigenvalue weighted by atomic mass is 9.95. The van der Waals surface area contributed by atoms with Crippen LogP contribution in [0.15, 0.2) is 96.0 Å². The van der Waals surface area contributed by atoms with Crippen LogP contribution in [0.3, 0.4) is 0 Å². The van der Waals surface area contributed by atoms with Crippen LogP contribution in [0.2, 0.25) is 0 Å². The number of nitrogens with zero attached hydrogens (tertiary/aromatic N) is 3. The fourth-order valence-corrected chi connectivity index (χ4v) is 7.30. The predicted octanol–water partition coefficient (Wildman–Crippen LogP) is 6.97. The van der Waals surface area contributed by atoms with Crippen LogP contribution in [0, 0.1) is 0 Å². The molecule has 0 spiro atoms. The van der Waals surface area contributed by atoms with E-state index in [0.29, 0.717) is 24.0 Å². The van der Waals surface area contributed by atoms with Gasteiger partial charge in [0.2, 0.25) is 10.0 Å². The number of benzene rings is 3. The lowest BCUT2D eigenvalue weighted by Crippen LogP contribution is -2.33. The van der Waals surface area contributed by atoms with Gasteiger partial charge in [-0.25, -0.2) is 13.4 Å². The van der Waals surface area contributed by atoms with Crippen molar-refractivity contribution in [3.05, 3.63) is 102 Å². The molecule has 1 aromatic heterocycles. The van der Waals surface area contributed by atoms with Crippen molar-refractivity contribution in [3.8, 4) is 10.4 Å². The van der Waals surface area contributed by atoms with Crippen LogP contribution >= 0.6 is 11.3 Å². The van der Waals surface area contributed by atoms with Crippen LogP contribution in [0.5, 0.6) is 0 Å². The molecule has 0 N–H and O–H groups in total. The van der Waals surface area contributed by atoms with Crippen LogP contribution in [-0.2, 0) is 23.1 Å². The highest BCUT2D eigenvalue weighted by Gasteiger charge is 2.25. The van der Waals surface area contributed by atoms with Crippen LogP contribution in [0.25, 0.3) is 10.4 Å². The summed E-state index contributed by atoms with van der Waals surface area (Å²) in [6.07, 6.45) is 8.25. The van der Waals surface area contributed by atoms with E-state index in [4.69, 9.17) is 0 Å². The van der Waals surface area contributed by atoms with Crippen LogP contribution < -0.4 is 4.90 Å². The zero-order valence-corrected chi connectivity index (χ0v) is 22.8. The molecule has 0 saturated heterocycles. The van der Waals surface area contributed by atoms with Crippen molar-refractivity contribution < 1.29 is 8.42 Å². The fraction of sp³-hybridized carbons (Fsp3) is 0.300. The minimum absolute atomic E-state index is 0.298. The van der Waals surface area contributed by atoms with Gasteiger partial charge < -0.3 is 4.90 Å². The molecule has 5 rings (SSSR count). The molecule has 0 unspecified atom stereocenters. The van der Waals surface area contributed by atoms with E-state index in [9.17, 15) is 8.42 Å². The van der Waals surface area contributed by atoms with Gasteiger partial charge in [0.1, 0.15) is 0 Å². The number of rotatable bonds is 9. The van der Waals surface area contributed by atoms with Crippen molar-refractivity contribution in [3.63, 3.8) is 0 Å². The van der Waals surface area contributed by atoms with Crippen LogP contribution in [0.1, 0.15) is 43.2 Å². The van der Waals surface area contributed by atoms with E-state index in [2.05, 4.69) is 16.9 Å². The first-order valence-corrected chi connectivity index (χ1v) is 15.1. The molecule has 0 aliphatic heterocycles. The SMILES string of the molecule is CN(c1ncc(-c2ccc(S(=O)(=O)N(Cc3ccccc3)Cc3ccccc3)cc2)s1)C1CCCCC1.